The molecule has 1 aromatic heterocycles. The van der Waals surface area contributed by atoms with Crippen molar-refractivity contribution >= 4 is 23.2 Å². The summed E-state index contributed by atoms with van der Waals surface area (Å²) in [4.78, 5) is 27.4. The molecular formula is C28H37NO3S. The summed E-state index contributed by atoms with van der Waals surface area (Å²) < 4.78 is 4.88. The van der Waals surface area contributed by atoms with Crippen molar-refractivity contribution in [1.29, 1.82) is 0 Å². The highest BCUT2D eigenvalue weighted by Crippen LogP contribution is 2.34. The van der Waals surface area contributed by atoms with E-state index >= 15 is 0 Å². The van der Waals surface area contributed by atoms with Gasteiger partial charge in [0.2, 0.25) is 0 Å². The van der Waals surface area contributed by atoms with Crippen LogP contribution >= 0.6 is 11.3 Å². The summed E-state index contributed by atoms with van der Waals surface area (Å²) in [7, 11) is 1.45. The third-order valence-electron chi connectivity index (χ3n) is 7.65. The minimum absolute atomic E-state index is 0.0274. The molecule has 1 N–H and O–H groups in total. The van der Waals surface area contributed by atoms with Crippen LogP contribution in [0.3, 0.4) is 0 Å². The fourth-order valence-electron chi connectivity index (χ4n) is 5.69. The van der Waals surface area contributed by atoms with E-state index in [0.29, 0.717) is 5.92 Å². The van der Waals surface area contributed by atoms with Crippen molar-refractivity contribution in [2.45, 2.75) is 90.0 Å². The Morgan fingerprint density at radius 3 is 2.24 bits per heavy atom. The first kappa shape index (κ1) is 24.0. The van der Waals surface area contributed by atoms with Gasteiger partial charge in [-0.25, -0.2) is 0 Å². The number of methoxy groups -OCH3 is 1. The van der Waals surface area contributed by atoms with Gasteiger partial charge >= 0.3 is 5.97 Å². The number of carbonyl (C=O) groups is 2. The molecule has 1 heterocycles. The van der Waals surface area contributed by atoms with Gasteiger partial charge in [0.05, 0.1) is 18.6 Å². The van der Waals surface area contributed by atoms with Gasteiger partial charge in [-0.05, 0) is 81.4 Å². The van der Waals surface area contributed by atoms with Crippen LogP contribution in [0.15, 0.2) is 24.3 Å². The predicted molar refractivity (Wildman–Crippen MR) is 134 cm³/mol. The fraction of sp³-hybridized carbons (Fsp3) is 0.571. The number of benzene rings is 1. The Balaban J connectivity index is 1.42. The molecule has 1 amide bonds. The molecule has 178 valence electrons. The predicted octanol–water partition coefficient (Wildman–Crippen LogP) is 6.47. The third-order valence-corrected chi connectivity index (χ3v) is 8.71. The number of ether oxygens (including phenoxy) is 1. The van der Waals surface area contributed by atoms with Crippen LogP contribution in [0.5, 0.6) is 0 Å². The van der Waals surface area contributed by atoms with Crippen molar-refractivity contribution in [1.82, 2.24) is 5.32 Å². The first-order chi connectivity index (χ1) is 16.0. The van der Waals surface area contributed by atoms with Gasteiger partial charge < -0.3 is 10.1 Å². The monoisotopic (exact) mass is 467 g/mol. The highest BCUT2D eigenvalue weighted by Gasteiger charge is 2.29. The van der Waals surface area contributed by atoms with E-state index < -0.39 is 0 Å². The largest absolute Gasteiger partial charge is 0.469 e. The van der Waals surface area contributed by atoms with E-state index in [4.69, 9.17) is 4.74 Å². The molecule has 0 aliphatic heterocycles. The number of hydrogen-bond donors (Lipinski definition) is 1. The summed E-state index contributed by atoms with van der Waals surface area (Å²) in [6, 6.07) is 9.25. The quantitative estimate of drug-likeness (QED) is 0.496. The first-order valence-corrected chi connectivity index (χ1v) is 13.3. The number of hydrogen-bond acceptors (Lipinski definition) is 4. The molecule has 0 radical (unpaired) electrons. The minimum Gasteiger partial charge on any atom is -0.469 e. The van der Waals surface area contributed by atoms with Crippen molar-refractivity contribution < 1.29 is 14.3 Å². The molecule has 5 heteroatoms. The zero-order valence-corrected chi connectivity index (χ0v) is 21.1. The van der Waals surface area contributed by atoms with Gasteiger partial charge in [0.1, 0.15) is 0 Å². The molecular weight excluding hydrogens is 430 g/mol. The molecule has 0 atom stereocenters. The van der Waals surface area contributed by atoms with Crippen molar-refractivity contribution in [3.63, 3.8) is 0 Å². The smallest absolute Gasteiger partial charge is 0.308 e. The second kappa shape index (κ2) is 10.9. The van der Waals surface area contributed by atoms with Crippen molar-refractivity contribution in [3.8, 4) is 0 Å². The minimum atomic E-state index is -0.124. The number of amides is 1. The molecule has 0 unspecified atom stereocenters. The summed E-state index contributed by atoms with van der Waals surface area (Å²) in [5, 5.41) is 3.26. The molecule has 2 saturated carbocycles. The lowest BCUT2D eigenvalue weighted by atomic mass is 9.83. The number of carbonyl (C=O) groups excluding carboxylic acids is 2. The second-order valence-corrected chi connectivity index (χ2v) is 11.3. The summed E-state index contributed by atoms with van der Waals surface area (Å²) in [5.41, 5.74) is 4.74. The number of rotatable bonds is 6. The van der Waals surface area contributed by atoms with E-state index in [9.17, 15) is 9.59 Å². The van der Waals surface area contributed by atoms with Gasteiger partial charge in [0, 0.05) is 15.8 Å². The van der Waals surface area contributed by atoms with E-state index in [1.54, 1.807) is 11.3 Å². The molecule has 2 aliphatic carbocycles. The second-order valence-electron chi connectivity index (χ2n) is 9.87. The van der Waals surface area contributed by atoms with E-state index in [1.165, 1.54) is 55.2 Å². The maximum atomic E-state index is 13.3. The topological polar surface area (TPSA) is 55.4 Å². The van der Waals surface area contributed by atoms with Crippen LogP contribution in [0.4, 0.5) is 0 Å². The maximum absolute atomic E-state index is 13.3. The molecule has 2 aliphatic rings. The molecule has 4 rings (SSSR count). The van der Waals surface area contributed by atoms with Gasteiger partial charge in [-0.15, -0.1) is 11.3 Å². The number of aryl methyl sites for hydroxylation is 2. The molecule has 1 aromatic carbocycles. The molecule has 0 bridgehead atoms. The Hall–Kier alpha value is -2.14. The van der Waals surface area contributed by atoms with Crippen LogP contribution in [0.25, 0.3) is 0 Å². The van der Waals surface area contributed by atoms with Gasteiger partial charge in [-0.2, -0.15) is 0 Å². The maximum Gasteiger partial charge on any atom is 0.308 e. The van der Waals surface area contributed by atoms with Crippen LogP contribution in [0, 0.1) is 19.8 Å². The zero-order valence-electron chi connectivity index (χ0n) is 20.2. The highest BCUT2D eigenvalue weighted by atomic mass is 32.1. The number of esters is 1. The van der Waals surface area contributed by atoms with Gasteiger partial charge in [0.15, 0.2) is 0 Å². The Morgan fingerprint density at radius 2 is 1.61 bits per heavy atom. The van der Waals surface area contributed by atoms with Gasteiger partial charge in [0.25, 0.3) is 5.91 Å². The van der Waals surface area contributed by atoms with E-state index in [-0.39, 0.29) is 23.8 Å². The average Bonchev–Trinajstić information content (AvgIpc) is 3.12. The lowest BCUT2D eigenvalue weighted by Gasteiger charge is -2.27. The summed E-state index contributed by atoms with van der Waals surface area (Å²) >= 11 is 1.72. The number of nitrogens with one attached hydrogen (secondary N) is 1. The highest BCUT2D eigenvalue weighted by molar-refractivity contribution is 7.12. The fourth-order valence-corrected chi connectivity index (χ4v) is 6.76. The van der Waals surface area contributed by atoms with Crippen molar-refractivity contribution in [2.75, 3.05) is 7.11 Å². The normalized spacial score (nSPS) is 21.5. The standard InChI is InChI=1S/C28H37NO3S/c1-18-25(17-20-9-11-22(12-10-20)21-7-5-4-6-8-21)26(19(2)33-18)27(30)29-24-15-13-23(14-16-24)28(31)32-3/h9-12,21,23-24H,4-8,13-17H2,1-3H3,(H,29,30). The molecule has 0 spiro atoms. The SMILES string of the molecule is COC(=O)C1CCC(NC(=O)c2c(C)sc(C)c2Cc2ccc(C3CCCCC3)cc2)CC1. The Morgan fingerprint density at radius 1 is 0.939 bits per heavy atom. The number of thiophene rings is 1. The van der Waals surface area contributed by atoms with Crippen molar-refractivity contribution in [2.24, 2.45) is 5.92 Å². The summed E-state index contributed by atoms with van der Waals surface area (Å²) in [5.74, 6) is 0.599. The Bertz CT molecular complexity index is 964. The van der Waals surface area contributed by atoms with Crippen LogP contribution in [-0.4, -0.2) is 25.0 Å². The summed E-state index contributed by atoms with van der Waals surface area (Å²) in [6.07, 6.45) is 10.7. The van der Waals surface area contributed by atoms with Crippen molar-refractivity contribution in [3.05, 3.63) is 56.3 Å². The van der Waals surface area contributed by atoms with Crippen LogP contribution in [0.2, 0.25) is 0 Å². The Labute approximate surface area is 202 Å². The zero-order chi connectivity index (χ0) is 23.4. The molecule has 0 saturated heterocycles. The first-order valence-electron chi connectivity index (χ1n) is 12.5. The van der Waals surface area contributed by atoms with E-state index in [2.05, 4.69) is 43.4 Å². The lowest BCUT2D eigenvalue weighted by Crippen LogP contribution is -2.39. The molecule has 33 heavy (non-hydrogen) atoms. The van der Waals surface area contributed by atoms with Crippen LogP contribution in [0.1, 0.15) is 101 Å². The molecule has 2 aromatic rings. The van der Waals surface area contributed by atoms with E-state index in [1.807, 2.05) is 0 Å². The van der Waals surface area contributed by atoms with Crippen LogP contribution in [-0.2, 0) is 16.0 Å². The van der Waals surface area contributed by atoms with Gasteiger partial charge in [-0.1, -0.05) is 43.5 Å². The molecule has 4 nitrogen and oxygen atoms in total. The van der Waals surface area contributed by atoms with E-state index in [0.717, 1.165) is 48.1 Å². The average molecular weight is 468 g/mol. The summed E-state index contributed by atoms with van der Waals surface area (Å²) in [6.45, 7) is 4.18. The third kappa shape index (κ3) is 5.68. The lowest BCUT2D eigenvalue weighted by molar-refractivity contribution is -0.146. The molecule has 2 fully saturated rings. The van der Waals surface area contributed by atoms with Crippen LogP contribution < -0.4 is 5.32 Å². The Kier molecular flexibility index (Phi) is 7.90. The van der Waals surface area contributed by atoms with Gasteiger partial charge in [-0.3, -0.25) is 9.59 Å².